The number of rotatable bonds is 2. The van der Waals surface area contributed by atoms with Gasteiger partial charge in [0.1, 0.15) is 5.60 Å². The van der Waals surface area contributed by atoms with Crippen molar-refractivity contribution < 1.29 is 17.9 Å². The topological polar surface area (TPSA) is 63.7 Å². The Kier molecular flexibility index (Phi) is 3.00. The van der Waals surface area contributed by atoms with Gasteiger partial charge >= 0.3 is 6.09 Å². The van der Waals surface area contributed by atoms with Gasteiger partial charge in [-0.2, -0.15) is 0 Å². The van der Waals surface area contributed by atoms with Gasteiger partial charge in [-0.15, -0.1) is 0 Å². The van der Waals surface area contributed by atoms with Gasteiger partial charge < -0.3 is 4.74 Å². The Balaban J connectivity index is 2.68. The van der Waals surface area contributed by atoms with Gasteiger partial charge in [-0.05, 0) is 33.6 Å². The lowest BCUT2D eigenvalue weighted by Gasteiger charge is -2.24. The first-order valence-corrected chi connectivity index (χ1v) is 6.35. The number of hydrogen-bond donors (Lipinski definition) is 0. The van der Waals surface area contributed by atoms with E-state index in [1.165, 1.54) is 7.05 Å². The van der Waals surface area contributed by atoms with E-state index in [0.29, 0.717) is 17.1 Å². The van der Waals surface area contributed by atoms with Crippen LogP contribution in [0.1, 0.15) is 33.6 Å². The maximum Gasteiger partial charge on any atom is 0.423 e. The van der Waals surface area contributed by atoms with E-state index in [1.807, 2.05) is 0 Å². The number of nitrogens with zero attached hydrogens (tertiary/aromatic N) is 1. The number of sulfonamides is 1. The van der Waals surface area contributed by atoms with Crippen LogP contribution in [0.4, 0.5) is 4.79 Å². The molecule has 6 heteroatoms. The van der Waals surface area contributed by atoms with Gasteiger partial charge in [-0.1, -0.05) is 0 Å². The van der Waals surface area contributed by atoms with E-state index in [2.05, 4.69) is 0 Å². The largest absolute Gasteiger partial charge is 0.443 e. The standard InChI is InChI=1S/C9H17NO4S/c1-9(2,3)14-8(11)10(4)15(12,13)7-5-6-7/h7H,5-6H2,1-4H3. The number of hydrogen-bond acceptors (Lipinski definition) is 4. The Morgan fingerprint density at radius 3 is 2.13 bits per heavy atom. The molecule has 0 unspecified atom stereocenters. The van der Waals surface area contributed by atoms with Crippen LogP contribution in [0, 0.1) is 0 Å². The molecule has 1 aliphatic rings. The Hall–Kier alpha value is -0.780. The lowest BCUT2D eigenvalue weighted by molar-refractivity contribution is 0.0420. The maximum absolute atomic E-state index is 11.6. The summed E-state index contributed by atoms with van der Waals surface area (Å²) in [5.74, 6) is 0. The molecule has 0 bridgehead atoms. The highest BCUT2D eigenvalue weighted by atomic mass is 32.2. The molecule has 0 spiro atoms. The van der Waals surface area contributed by atoms with Gasteiger partial charge in [0.15, 0.2) is 0 Å². The zero-order valence-electron chi connectivity index (χ0n) is 9.48. The van der Waals surface area contributed by atoms with Crippen LogP contribution in [0.3, 0.4) is 0 Å². The van der Waals surface area contributed by atoms with E-state index < -0.39 is 27.0 Å². The van der Waals surface area contributed by atoms with Crippen LogP contribution in [0.2, 0.25) is 0 Å². The summed E-state index contributed by atoms with van der Waals surface area (Å²) >= 11 is 0. The fraction of sp³-hybridized carbons (Fsp3) is 0.889. The van der Waals surface area contributed by atoms with Crippen molar-refractivity contribution in [3.05, 3.63) is 0 Å². The van der Waals surface area contributed by atoms with E-state index >= 15 is 0 Å². The predicted octanol–water partition coefficient (Wildman–Crippen LogP) is 1.35. The van der Waals surface area contributed by atoms with E-state index in [1.54, 1.807) is 20.8 Å². The zero-order valence-corrected chi connectivity index (χ0v) is 10.3. The molecule has 0 aliphatic heterocycles. The van der Waals surface area contributed by atoms with Crippen molar-refractivity contribution in [3.8, 4) is 0 Å². The van der Waals surface area contributed by atoms with Crippen molar-refractivity contribution in [1.82, 2.24) is 4.31 Å². The molecule has 1 rings (SSSR count). The van der Waals surface area contributed by atoms with E-state index in [4.69, 9.17) is 4.74 Å². The van der Waals surface area contributed by atoms with Crippen LogP contribution in [0.25, 0.3) is 0 Å². The summed E-state index contributed by atoms with van der Waals surface area (Å²) in [5, 5.41) is -0.394. The zero-order chi connectivity index (χ0) is 11.9. The lowest BCUT2D eigenvalue weighted by atomic mass is 10.2. The second-order valence-electron chi connectivity index (χ2n) is 4.69. The summed E-state index contributed by atoms with van der Waals surface area (Å²) in [6.07, 6.45) is 0.458. The third kappa shape index (κ3) is 3.09. The monoisotopic (exact) mass is 235 g/mol. The van der Waals surface area contributed by atoms with Crippen molar-refractivity contribution in [2.45, 2.75) is 44.5 Å². The average Bonchev–Trinajstić information content (AvgIpc) is 2.81. The minimum absolute atomic E-state index is 0.394. The van der Waals surface area contributed by atoms with Gasteiger partial charge in [0.25, 0.3) is 0 Å². The SMILES string of the molecule is CN(C(=O)OC(C)(C)C)S(=O)(=O)C1CC1. The molecule has 1 fully saturated rings. The van der Waals surface area contributed by atoms with Crippen LogP contribution in [-0.4, -0.2) is 36.7 Å². The molecule has 1 aliphatic carbocycles. The minimum atomic E-state index is -3.48. The summed E-state index contributed by atoms with van der Waals surface area (Å²) in [5.41, 5.74) is -0.676. The van der Waals surface area contributed by atoms with Crippen LogP contribution < -0.4 is 0 Å². The maximum atomic E-state index is 11.6. The first-order valence-electron chi connectivity index (χ1n) is 4.85. The highest BCUT2D eigenvalue weighted by molar-refractivity contribution is 7.90. The molecule has 0 heterocycles. The fourth-order valence-corrected chi connectivity index (χ4v) is 2.44. The second kappa shape index (κ2) is 3.66. The molecule has 1 saturated carbocycles. The summed E-state index contributed by atoms with van der Waals surface area (Å²) in [4.78, 5) is 11.5. The van der Waals surface area contributed by atoms with Crippen LogP contribution in [0.5, 0.6) is 0 Å². The van der Waals surface area contributed by atoms with Crippen LogP contribution in [0.15, 0.2) is 0 Å². The average molecular weight is 235 g/mol. The van der Waals surface area contributed by atoms with Crippen LogP contribution >= 0.6 is 0 Å². The van der Waals surface area contributed by atoms with Gasteiger partial charge in [0.05, 0.1) is 5.25 Å². The van der Waals surface area contributed by atoms with E-state index in [0.717, 1.165) is 0 Å². The summed E-state index contributed by atoms with van der Waals surface area (Å²) in [6.45, 7) is 5.09. The van der Waals surface area contributed by atoms with Crippen molar-refractivity contribution in [1.29, 1.82) is 0 Å². The van der Waals surface area contributed by atoms with E-state index in [9.17, 15) is 13.2 Å². The van der Waals surface area contributed by atoms with Crippen molar-refractivity contribution >= 4 is 16.1 Å². The molecule has 0 aromatic rings. The molecular formula is C9H17NO4S. The quantitative estimate of drug-likeness (QED) is 0.724. The lowest BCUT2D eigenvalue weighted by Crippen LogP contribution is -2.39. The van der Waals surface area contributed by atoms with Gasteiger partial charge in [0.2, 0.25) is 10.0 Å². The number of carbonyl (C=O) groups excluding carboxylic acids is 1. The molecule has 0 aromatic carbocycles. The Bertz CT molecular complexity index is 351. The molecule has 1 amide bonds. The molecule has 0 saturated heterocycles. The molecule has 0 aromatic heterocycles. The predicted molar refractivity (Wildman–Crippen MR) is 55.9 cm³/mol. The van der Waals surface area contributed by atoms with Crippen molar-refractivity contribution in [2.24, 2.45) is 0 Å². The first kappa shape index (κ1) is 12.3. The molecule has 0 radical (unpaired) electrons. The Labute approximate surface area is 90.4 Å². The molecule has 15 heavy (non-hydrogen) atoms. The van der Waals surface area contributed by atoms with Crippen LogP contribution in [-0.2, 0) is 14.8 Å². The molecule has 88 valence electrons. The Morgan fingerprint density at radius 1 is 1.33 bits per heavy atom. The van der Waals surface area contributed by atoms with Gasteiger partial charge in [0, 0.05) is 7.05 Å². The highest BCUT2D eigenvalue weighted by Gasteiger charge is 2.41. The third-order valence-electron chi connectivity index (χ3n) is 1.98. The Morgan fingerprint density at radius 2 is 1.80 bits per heavy atom. The van der Waals surface area contributed by atoms with Gasteiger partial charge in [-0.25, -0.2) is 17.5 Å². The second-order valence-corrected chi connectivity index (χ2v) is 6.94. The van der Waals surface area contributed by atoms with Gasteiger partial charge in [-0.3, -0.25) is 0 Å². The van der Waals surface area contributed by atoms with E-state index in [-0.39, 0.29) is 0 Å². The first-order chi connectivity index (χ1) is 6.64. The normalized spacial score (nSPS) is 17.3. The highest BCUT2D eigenvalue weighted by Crippen LogP contribution is 2.30. The van der Waals surface area contributed by atoms with Crippen molar-refractivity contribution in [2.75, 3.05) is 7.05 Å². The summed E-state index contributed by atoms with van der Waals surface area (Å²) in [6, 6.07) is 0. The molecular weight excluding hydrogens is 218 g/mol. The number of amides is 1. The number of carbonyl (C=O) groups is 1. The third-order valence-corrected chi connectivity index (χ3v) is 4.20. The molecule has 0 N–H and O–H groups in total. The molecule has 0 atom stereocenters. The smallest absolute Gasteiger partial charge is 0.423 e. The summed E-state index contributed by atoms with van der Waals surface area (Å²) < 4.78 is 29.0. The fourth-order valence-electron chi connectivity index (χ4n) is 1.02. The minimum Gasteiger partial charge on any atom is -0.443 e. The van der Waals surface area contributed by atoms with Crippen molar-refractivity contribution in [3.63, 3.8) is 0 Å². The summed E-state index contributed by atoms with van der Waals surface area (Å²) in [7, 11) is -2.24. The number of ether oxygens (including phenoxy) is 1. The molecule has 5 nitrogen and oxygen atoms in total.